The summed E-state index contributed by atoms with van der Waals surface area (Å²) in [6.45, 7) is 2.95. The molecule has 0 heterocycles. The van der Waals surface area contributed by atoms with Crippen molar-refractivity contribution in [1.82, 2.24) is 0 Å². The van der Waals surface area contributed by atoms with Gasteiger partial charge in [-0.1, -0.05) is 45.1 Å². The van der Waals surface area contributed by atoms with Crippen LogP contribution < -0.4 is 0 Å². The summed E-state index contributed by atoms with van der Waals surface area (Å²) in [7, 11) is 0. The van der Waals surface area contributed by atoms with Gasteiger partial charge in [-0.3, -0.25) is 0 Å². The van der Waals surface area contributed by atoms with Crippen LogP contribution in [0, 0.1) is 0 Å². The zero-order chi connectivity index (χ0) is 14.2. The fourth-order valence-electron chi connectivity index (χ4n) is 1.83. The quantitative estimate of drug-likeness (QED) is 0.312. The minimum Gasteiger partial charge on any atom is -0.463 e. The van der Waals surface area contributed by atoms with Gasteiger partial charge in [-0.2, -0.15) is 0 Å². The first-order valence-corrected chi connectivity index (χ1v) is 7.75. The fourth-order valence-corrected chi connectivity index (χ4v) is 1.83. The Morgan fingerprint density at radius 3 is 2.42 bits per heavy atom. The van der Waals surface area contributed by atoms with Gasteiger partial charge in [0.15, 0.2) is 0 Å². The summed E-state index contributed by atoms with van der Waals surface area (Å²) < 4.78 is 5.08. The van der Waals surface area contributed by atoms with Crippen LogP contribution in [-0.2, 0) is 9.53 Å². The van der Waals surface area contributed by atoms with E-state index in [0.29, 0.717) is 6.61 Å². The Morgan fingerprint density at radius 1 is 1.00 bits per heavy atom. The van der Waals surface area contributed by atoms with Crippen molar-refractivity contribution < 1.29 is 14.6 Å². The number of hydrogen-bond donors (Lipinski definition) is 1. The summed E-state index contributed by atoms with van der Waals surface area (Å²) in [4.78, 5) is 11.3. The van der Waals surface area contributed by atoms with Gasteiger partial charge in [-0.05, 0) is 32.1 Å². The summed E-state index contributed by atoms with van der Waals surface area (Å²) in [5.74, 6) is -0.226. The molecule has 0 rings (SSSR count). The molecule has 0 radical (unpaired) electrons. The van der Waals surface area contributed by atoms with Crippen molar-refractivity contribution >= 4 is 5.97 Å². The molecular weight excluding hydrogens is 240 g/mol. The van der Waals surface area contributed by atoms with E-state index in [0.717, 1.165) is 38.5 Å². The lowest BCUT2D eigenvalue weighted by molar-refractivity contribution is -0.137. The molecule has 0 aliphatic rings. The minimum atomic E-state index is -0.226. The van der Waals surface area contributed by atoms with Crippen molar-refractivity contribution in [2.75, 3.05) is 13.2 Å². The van der Waals surface area contributed by atoms with Gasteiger partial charge in [0.25, 0.3) is 0 Å². The molecule has 0 fully saturated rings. The predicted octanol–water partition coefficient (Wildman–Crippen LogP) is 4.00. The van der Waals surface area contributed by atoms with Gasteiger partial charge in [0.2, 0.25) is 0 Å². The van der Waals surface area contributed by atoms with Crippen LogP contribution in [0.15, 0.2) is 12.2 Å². The molecule has 0 aliphatic heterocycles. The fraction of sp³-hybridized carbons (Fsp3) is 0.812. The molecule has 1 N–H and O–H groups in total. The molecule has 3 heteroatoms. The number of carbonyl (C=O) groups is 1. The topological polar surface area (TPSA) is 46.5 Å². The maximum Gasteiger partial charge on any atom is 0.330 e. The number of unbranched alkanes of at least 4 members (excludes halogenated alkanes) is 8. The smallest absolute Gasteiger partial charge is 0.330 e. The second-order valence-corrected chi connectivity index (χ2v) is 4.91. The van der Waals surface area contributed by atoms with Gasteiger partial charge in [-0.25, -0.2) is 4.79 Å². The van der Waals surface area contributed by atoms with E-state index in [1.165, 1.54) is 25.7 Å². The molecular formula is C16H30O3. The van der Waals surface area contributed by atoms with Crippen LogP contribution in [-0.4, -0.2) is 24.3 Å². The van der Waals surface area contributed by atoms with Crippen LogP contribution >= 0.6 is 0 Å². The van der Waals surface area contributed by atoms with Crippen molar-refractivity contribution in [2.45, 2.75) is 71.1 Å². The first kappa shape index (κ1) is 18.2. The van der Waals surface area contributed by atoms with Gasteiger partial charge in [0, 0.05) is 12.7 Å². The zero-order valence-corrected chi connectivity index (χ0v) is 12.4. The number of rotatable bonds is 13. The van der Waals surface area contributed by atoms with Crippen molar-refractivity contribution in [3.8, 4) is 0 Å². The van der Waals surface area contributed by atoms with E-state index in [9.17, 15) is 4.79 Å². The SMILES string of the molecule is CCCCCCC/C=C/C(=O)OCCCCCCO. The average molecular weight is 270 g/mol. The number of aliphatic hydroxyl groups is 1. The third-order valence-corrected chi connectivity index (χ3v) is 3.03. The number of allylic oxidation sites excluding steroid dienone is 1. The van der Waals surface area contributed by atoms with Crippen molar-refractivity contribution in [3.05, 3.63) is 12.2 Å². The third kappa shape index (κ3) is 15.1. The van der Waals surface area contributed by atoms with Crippen LogP contribution in [0.2, 0.25) is 0 Å². The van der Waals surface area contributed by atoms with Crippen molar-refractivity contribution in [1.29, 1.82) is 0 Å². The standard InChI is InChI=1S/C16H30O3/c1-2-3-4-5-6-7-10-13-16(18)19-15-12-9-8-11-14-17/h10,13,17H,2-9,11-12,14-15H2,1H3/b13-10+. The van der Waals surface area contributed by atoms with Gasteiger partial charge >= 0.3 is 5.97 Å². The molecule has 0 amide bonds. The van der Waals surface area contributed by atoms with E-state index >= 15 is 0 Å². The summed E-state index contributed by atoms with van der Waals surface area (Å²) in [5, 5.41) is 8.61. The molecule has 0 aromatic rings. The number of hydrogen-bond acceptors (Lipinski definition) is 3. The Bertz CT molecular complexity index is 224. The molecule has 0 saturated heterocycles. The highest BCUT2D eigenvalue weighted by Crippen LogP contribution is 2.05. The van der Waals surface area contributed by atoms with Crippen molar-refractivity contribution in [3.63, 3.8) is 0 Å². The average Bonchev–Trinajstić information content (AvgIpc) is 2.41. The highest BCUT2D eigenvalue weighted by Gasteiger charge is 1.96. The molecule has 3 nitrogen and oxygen atoms in total. The monoisotopic (exact) mass is 270 g/mol. The van der Waals surface area contributed by atoms with E-state index in [1.807, 2.05) is 6.08 Å². The number of ether oxygens (including phenoxy) is 1. The summed E-state index contributed by atoms with van der Waals surface area (Å²) >= 11 is 0. The van der Waals surface area contributed by atoms with Crippen LogP contribution in [0.25, 0.3) is 0 Å². The van der Waals surface area contributed by atoms with E-state index in [-0.39, 0.29) is 12.6 Å². The van der Waals surface area contributed by atoms with Gasteiger partial charge in [0.1, 0.15) is 0 Å². The summed E-state index contributed by atoms with van der Waals surface area (Å²) in [5.41, 5.74) is 0. The Hall–Kier alpha value is -0.830. The highest BCUT2D eigenvalue weighted by molar-refractivity contribution is 5.81. The molecule has 0 unspecified atom stereocenters. The Kier molecular flexibility index (Phi) is 14.6. The molecule has 0 aromatic carbocycles. The molecule has 112 valence electrons. The molecule has 0 saturated carbocycles. The van der Waals surface area contributed by atoms with E-state index in [1.54, 1.807) is 6.08 Å². The Balaban J connectivity index is 3.28. The molecule has 0 spiro atoms. The molecule has 0 atom stereocenters. The maximum atomic E-state index is 11.3. The second-order valence-electron chi connectivity index (χ2n) is 4.91. The molecule has 19 heavy (non-hydrogen) atoms. The predicted molar refractivity (Wildman–Crippen MR) is 79.0 cm³/mol. The van der Waals surface area contributed by atoms with E-state index in [4.69, 9.17) is 9.84 Å². The molecule has 0 bridgehead atoms. The number of esters is 1. The van der Waals surface area contributed by atoms with Crippen molar-refractivity contribution in [2.24, 2.45) is 0 Å². The zero-order valence-electron chi connectivity index (χ0n) is 12.4. The Morgan fingerprint density at radius 2 is 1.68 bits per heavy atom. The molecule has 0 aliphatic carbocycles. The maximum absolute atomic E-state index is 11.3. The summed E-state index contributed by atoms with van der Waals surface area (Å²) in [6.07, 6.45) is 14.4. The first-order valence-electron chi connectivity index (χ1n) is 7.75. The van der Waals surface area contributed by atoms with Gasteiger partial charge in [0.05, 0.1) is 6.61 Å². The van der Waals surface area contributed by atoms with Crippen LogP contribution in [0.1, 0.15) is 71.1 Å². The van der Waals surface area contributed by atoms with Crippen LogP contribution in [0.4, 0.5) is 0 Å². The minimum absolute atomic E-state index is 0.226. The van der Waals surface area contributed by atoms with Crippen LogP contribution in [0.3, 0.4) is 0 Å². The highest BCUT2D eigenvalue weighted by atomic mass is 16.5. The lowest BCUT2D eigenvalue weighted by atomic mass is 10.1. The van der Waals surface area contributed by atoms with E-state index < -0.39 is 0 Å². The Labute approximate surface area is 118 Å². The number of carbonyl (C=O) groups excluding carboxylic acids is 1. The molecule has 0 aromatic heterocycles. The summed E-state index contributed by atoms with van der Waals surface area (Å²) in [6, 6.07) is 0. The lowest BCUT2D eigenvalue weighted by Crippen LogP contribution is -2.02. The second kappa shape index (κ2) is 15.2. The van der Waals surface area contributed by atoms with Gasteiger partial charge in [-0.15, -0.1) is 0 Å². The third-order valence-electron chi connectivity index (χ3n) is 3.03. The van der Waals surface area contributed by atoms with Gasteiger partial charge < -0.3 is 9.84 Å². The number of aliphatic hydroxyl groups excluding tert-OH is 1. The first-order chi connectivity index (χ1) is 9.31. The van der Waals surface area contributed by atoms with E-state index in [2.05, 4.69) is 6.92 Å². The largest absolute Gasteiger partial charge is 0.463 e. The van der Waals surface area contributed by atoms with Crippen LogP contribution in [0.5, 0.6) is 0 Å². The normalized spacial score (nSPS) is 11.1. The lowest BCUT2D eigenvalue weighted by Gasteiger charge is -2.01.